The zero-order chi connectivity index (χ0) is 24.6. The van der Waals surface area contributed by atoms with E-state index in [-0.39, 0.29) is 22.7 Å². The SMILES string of the molecule is CC(C)(C)[Si](OC[C@@H]1OC[C@@H](n2cnc3c(N)nc(Cl)nc32)O1)(c1ccccc1)c1ccccc1. The van der Waals surface area contributed by atoms with Crippen LogP contribution in [0.25, 0.3) is 11.2 Å². The number of nitrogens with zero attached hydrogens (tertiary/aromatic N) is 4. The molecule has 0 saturated carbocycles. The van der Waals surface area contributed by atoms with Gasteiger partial charge in [-0.15, -0.1) is 0 Å². The molecule has 8 nitrogen and oxygen atoms in total. The van der Waals surface area contributed by atoms with E-state index in [9.17, 15) is 0 Å². The second-order valence-corrected chi connectivity index (χ2v) is 14.2. The summed E-state index contributed by atoms with van der Waals surface area (Å²) in [6, 6.07) is 21.0. The molecule has 0 spiro atoms. The number of benzene rings is 2. The molecule has 1 fully saturated rings. The van der Waals surface area contributed by atoms with E-state index in [1.165, 1.54) is 10.4 Å². The van der Waals surface area contributed by atoms with Crippen molar-refractivity contribution in [2.45, 2.75) is 38.3 Å². The smallest absolute Gasteiger partial charge is 0.261 e. The van der Waals surface area contributed by atoms with Crippen molar-refractivity contribution in [2.24, 2.45) is 0 Å². The van der Waals surface area contributed by atoms with Gasteiger partial charge in [-0.3, -0.25) is 4.57 Å². The molecule has 0 amide bonds. The number of hydrogen-bond acceptors (Lipinski definition) is 7. The molecule has 10 heteroatoms. The average molecular weight is 510 g/mol. The van der Waals surface area contributed by atoms with E-state index in [1.54, 1.807) is 10.9 Å². The Morgan fingerprint density at radius 3 is 2.29 bits per heavy atom. The van der Waals surface area contributed by atoms with Crippen molar-refractivity contribution in [3.8, 4) is 0 Å². The number of nitrogens with two attached hydrogens (primary N) is 1. The van der Waals surface area contributed by atoms with Crippen LogP contribution in [0.1, 0.15) is 27.0 Å². The predicted molar refractivity (Wildman–Crippen MR) is 138 cm³/mol. The zero-order valence-electron chi connectivity index (χ0n) is 19.9. The molecule has 0 bridgehead atoms. The molecule has 1 saturated heterocycles. The Labute approximate surface area is 210 Å². The van der Waals surface area contributed by atoms with Crippen LogP contribution in [0, 0.1) is 0 Å². The molecular formula is C25H28ClN5O3Si. The average Bonchev–Trinajstić information content (AvgIpc) is 3.47. The lowest BCUT2D eigenvalue weighted by molar-refractivity contribution is -0.0943. The summed E-state index contributed by atoms with van der Waals surface area (Å²) in [4.78, 5) is 12.6. The van der Waals surface area contributed by atoms with E-state index >= 15 is 0 Å². The first-order valence-corrected chi connectivity index (χ1v) is 13.8. The fourth-order valence-corrected chi connectivity index (χ4v) is 9.47. The van der Waals surface area contributed by atoms with Gasteiger partial charge in [0, 0.05) is 0 Å². The lowest BCUT2D eigenvalue weighted by Crippen LogP contribution is -2.67. The summed E-state index contributed by atoms with van der Waals surface area (Å²) in [5, 5.41) is 2.33. The normalized spacial score (nSPS) is 18.9. The molecule has 0 unspecified atom stereocenters. The third-order valence-electron chi connectivity index (χ3n) is 6.32. The van der Waals surface area contributed by atoms with Gasteiger partial charge in [0.1, 0.15) is 5.52 Å². The number of aromatic nitrogens is 4. The van der Waals surface area contributed by atoms with E-state index in [0.29, 0.717) is 17.8 Å². The molecule has 2 aromatic carbocycles. The van der Waals surface area contributed by atoms with E-state index in [1.807, 2.05) is 12.1 Å². The molecule has 2 atom stereocenters. The highest BCUT2D eigenvalue weighted by Gasteiger charge is 2.50. The first-order valence-electron chi connectivity index (χ1n) is 11.5. The highest BCUT2D eigenvalue weighted by molar-refractivity contribution is 6.99. The van der Waals surface area contributed by atoms with Gasteiger partial charge in [-0.1, -0.05) is 81.4 Å². The van der Waals surface area contributed by atoms with Gasteiger partial charge in [0.15, 0.2) is 24.0 Å². The summed E-state index contributed by atoms with van der Waals surface area (Å²) in [6.45, 7) is 7.33. The maximum atomic E-state index is 6.94. The molecule has 35 heavy (non-hydrogen) atoms. The van der Waals surface area contributed by atoms with Crippen LogP contribution in [-0.2, 0) is 13.9 Å². The van der Waals surface area contributed by atoms with Gasteiger partial charge < -0.3 is 19.6 Å². The van der Waals surface area contributed by atoms with E-state index in [2.05, 4.69) is 84.3 Å². The molecule has 5 rings (SSSR count). The Morgan fingerprint density at radius 2 is 1.69 bits per heavy atom. The number of halogens is 1. The number of hydrogen-bond donors (Lipinski definition) is 1. The molecule has 2 aromatic heterocycles. The Kier molecular flexibility index (Phi) is 6.37. The molecular weight excluding hydrogens is 482 g/mol. The zero-order valence-corrected chi connectivity index (χ0v) is 21.6. The summed E-state index contributed by atoms with van der Waals surface area (Å²) in [6.07, 6.45) is 0.637. The molecule has 1 aliphatic rings. The minimum atomic E-state index is -2.70. The number of rotatable bonds is 6. The number of nitrogen functional groups attached to an aromatic ring is 1. The van der Waals surface area contributed by atoms with Gasteiger partial charge in [-0.25, -0.2) is 4.98 Å². The topological polar surface area (TPSA) is 97.3 Å². The summed E-state index contributed by atoms with van der Waals surface area (Å²) >= 11 is 6.02. The van der Waals surface area contributed by atoms with Crippen LogP contribution in [0.4, 0.5) is 5.82 Å². The fraction of sp³-hybridized carbons (Fsp3) is 0.320. The van der Waals surface area contributed by atoms with Gasteiger partial charge in [0.25, 0.3) is 8.32 Å². The van der Waals surface area contributed by atoms with Crippen LogP contribution >= 0.6 is 11.6 Å². The van der Waals surface area contributed by atoms with E-state index < -0.39 is 20.8 Å². The van der Waals surface area contributed by atoms with Crippen LogP contribution in [0.2, 0.25) is 10.3 Å². The first-order chi connectivity index (χ1) is 16.8. The minimum Gasteiger partial charge on any atom is -0.402 e. The van der Waals surface area contributed by atoms with Crippen LogP contribution in [0.15, 0.2) is 67.0 Å². The second-order valence-electron chi connectivity index (χ2n) is 9.53. The molecule has 182 valence electrons. The van der Waals surface area contributed by atoms with Crippen molar-refractivity contribution in [3.63, 3.8) is 0 Å². The number of ether oxygens (including phenoxy) is 2. The quantitative estimate of drug-likeness (QED) is 0.314. The van der Waals surface area contributed by atoms with Crippen LogP contribution in [0.5, 0.6) is 0 Å². The Balaban J connectivity index is 1.42. The summed E-state index contributed by atoms with van der Waals surface area (Å²) in [7, 11) is -2.70. The summed E-state index contributed by atoms with van der Waals surface area (Å²) in [5.74, 6) is 0.226. The largest absolute Gasteiger partial charge is 0.402 e. The van der Waals surface area contributed by atoms with Crippen LogP contribution in [-0.4, -0.2) is 47.3 Å². The number of imidazole rings is 1. The van der Waals surface area contributed by atoms with Crippen molar-refractivity contribution in [1.29, 1.82) is 0 Å². The van der Waals surface area contributed by atoms with Crippen molar-refractivity contribution < 1.29 is 13.9 Å². The van der Waals surface area contributed by atoms with Crippen LogP contribution < -0.4 is 16.1 Å². The van der Waals surface area contributed by atoms with Gasteiger partial charge in [0.2, 0.25) is 5.28 Å². The van der Waals surface area contributed by atoms with E-state index in [4.69, 9.17) is 31.2 Å². The van der Waals surface area contributed by atoms with Crippen molar-refractivity contribution in [2.75, 3.05) is 18.9 Å². The van der Waals surface area contributed by atoms with Crippen molar-refractivity contribution in [1.82, 2.24) is 19.5 Å². The highest BCUT2D eigenvalue weighted by Crippen LogP contribution is 2.37. The molecule has 3 heterocycles. The van der Waals surface area contributed by atoms with E-state index in [0.717, 1.165) is 0 Å². The standard InChI is InChI=1S/C25H28ClN5O3Si/c1-25(2,3)35(17-10-6-4-7-11-17,18-12-8-5-9-13-18)33-15-20-32-14-19(34-20)31-16-28-21-22(27)29-24(26)30-23(21)31/h4-13,16,19-20H,14-15H2,1-3H3,(H2,27,29,30)/t19-,20+/m0/s1. The molecule has 0 aliphatic carbocycles. The maximum Gasteiger partial charge on any atom is 0.261 e. The summed E-state index contributed by atoms with van der Waals surface area (Å²) in [5.41, 5.74) is 6.93. The van der Waals surface area contributed by atoms with Gasteiger partial charge in [-0.2, -0.15) is 9.97 Å². The molecule has 4 aromatic rings. The monoisotopic (exact) mass is 509 g/mol. The van der Waals surface area contributed by atoms with Crippen molar-refractivity contribution >= 4 is 47.3 Å². The highest BCUT2D eigenvalue weighted by atomic mass is 35.5. The van der Waals surface area contributed by atoms with Crippen molar-refractivity contribution in [3.05, 3.63) is 72.3 Å². The lowest BCUT2D eigenvalue weighted by Gasteiger charge is -2.43. The molecule has 2 N–H and O–H groups in total. The minimum absolute atomic E-state index is 0.0576. The summed E-state index contributed by atoms with van der Waals surface area (Å²) < 4.78 is 20.9. The first kappa shape index (κ1) is 23.9. The van der Waals surface area contributed by atoms with Gasteiger partial charge >= 0.3 is 0 Å². The Morgan fingerprint density at radius 1 is 1.06 bits per heavy atom. The van der Waals surface area contributed by atoms with Crippen LogP contribution in [0.3, 0.4) is 0 Å². The molecule has 1 aliphatic heterocycles. The lowest BCUT2D eigenvalue weighted by atomic mass is 10.2. The Bertz CT molecular complexity index is 1270. The third-order valence-corrected chi connectivity index (χ3v) is 11.5. The predicted octanol–water partition coefficient (Wildman–Crippen LogP) is 3.51. The van der Waals surface area contributed by atoms with Gasteiger partial charge in [-0.05, 0) is 27.0 Å². The fourth-order valence-electron chi connectivity index (χ4n) is 4.75. The maximum absolute atomic E-state index is 6.94. The van der Waals surface area contributed by atoms with Gasteiger partial charge in [0.05, 0.1) is 19.5 Å². The number of anilines is 1. The number of fused-ring (bicyclic) bond motifs is 1. The second kappa shape index (κ2) is 9.33. The molecule has 0 radical (unpaired) electrons. The third kappa shape index (κ3) is 4.34. The Hall–Kier alpha value is -2.82.